The molecule has 0 radical (unpaired) electrons. The van der Waals surface area contributed by atoms with Crippen molar-refractivity contribution in [3.63, 3.8) is 0 Å². The zero-order valence-electron chi connectivity index (χ0n) is 11.6. The molecule has 0 unspecified atom stereocenters. The highest BCUT2D eigenvalue weighted by molar-refractivity contribution is 6.30. The summed E-state index contributed by atoms with van der Waals surface area (Å²) in [7, 11) is 0. The van der Waals surface area contributed by atoms with Gasteiger partial charge in [0.25, 0.3) is 0 Å². The molecule has 1 aromatic rings. The van der Waals surface area contributed by atoms with Gasteiger partial charge in [-0.05, 0) is 44.9 Å². The third kappa shape index (κ3) is 4.68. The van der Waals surface area contributed by atoms with Crippen molar-refractivity contribution in [2.24, 2.45) is 0 Å². The quantitative estimate of drug-likeness (QED) is 0.868. The molecule has 0 amide bonds. The molecular weight excluding hydrogens is 262 g/mol. The van der Waals surface area contributed by atoms with Crippen LogP contribution in [0.1, 0.15) is 32.3 Å². The zero-order valence-corrected chi connectivity index (χ0v) is 12.4. The Bertz CT molecular complexity index is 403. The summed E-state index contributed by atoms with van der Waals surface area (Å²) in [4.78, 5) is 0. The smallest absolute Gasteiger partial charge is 0.124 e. The predicted octanol–water partition coefficient (Wildman–Crippen LogP) is 3.40. The molecule has 2 rings (SSSR count). The van der Waals surface area contributed by atoms with Crippen LogP contribution >= 0.6 is 11.6 Å². The topological polar surface area (TPSA) is 30.5 Å². The minimum absolute atomic E-state index is 0.165. The van der Waals surface area contributed by atoms with Crippen LogP contribution in [0.2, 0.25) is 5.02 Å². The van der Waals surface area contributed by atoms with Crippen LogP contribution in [0.5, 0.6) is 5.75 Å². The summed E-state index contributed by atoms with van der Waals surface area (Å²) < 4.78 is 11.4. The van der Waals surface area contributed by atoms with Gasteiger partial charge in [0.2, 0.25) is 0 Å². The van der Waals surface area contributed by atoms with E-state index in [9.17, 15) is 0 Å². The number of ether oxygens (including phenoxy) is 2. The standard InChI is InChI=1S/C15H22ClNO2/c1-11(2)19-15-6-5-13(16)8-12(15)9-17-10-14-4-3-7-18-14/h5-6,8,11,14,17H,3-4,7,9-10H2,1-2H3/t14-/m1/s1. The molecule has 0 saturated carbocycles. The van der Waals surface area contributed by atoms with Crippen molar-refractivity contribution in [1.82, 2.24) is 5.32 Å². The normalized spacial score (nSPS) is 19.1. The SMILES string of the molecule is CC(C)Oc1ccc(Cl)cc1CNC[C@H]1CCCO1. The highest BCUT2D eigenvalue weighted by Crippen LogP contribution is 2.24. The van der Waals surface area contributed by atoms with Crippen LogP contribution in [0.15, 0.2) is 18.2 Å². The molecule has 0 bridgehead atoms. The van der Waals surface area contributed by atoms with Gasteiger partial charge in [0, 0.05) is 30.3 Å². The average Bonchev–Trinajstić information content (AvgIpc) is 2.85. The number of hydrogen-bond acceptors (Lipinski definition) is 3. The lowest BCUT2D eigenvalue weighted by Crippen LogP contribution is -2.26. The van der Waals surface area contributed by atoms with Gasteiger partial charge in [-0.1, -0.05) is 11.6 Å². The van der Waals surface area contributed by atoms with E-state index < -0.39 is 0 Å². The second-order valence-electron chi connectivity index (χ2n) is 5.18. The number of nitrogens with one attached hydrogen (secondary N) is 1. The lowest BCUT2D eigenvalue weighted by atomic mass is 10.2. The number of rotatable bonds is 6. The molecule has 1 heterocycles. The van der Waals surface area contributed by atoms with E-state index in [4.69, 9.17) is 21.1 Å². The molecule has 1 fully saturated rings. The van der Waals surface area contributed by atoms with Crippen LogP contribution in [0.3, 0.4) is 0 Å². The second-order valence-corrected chi connectivity index (χ2v) is 5.62. The van der Waals surface area contributed by atoms with E-state index in [1.165, 1.54) is 6.42 Å². The van der Waals surface area contributed by atoms with E-state index in [-0.39, 0.29) is 6.10 Å². The molecule has 0 aliphatic carbocycles. The molecule has 3 nitrogen and oxygen atoms in total. The Labute approximate surface area is 120 Å². The van der Waals surface area contributed by atoms with Gasteiger partial charge in [0.05, 0.1) is 12.2 Å². The van der Waals surface area contributed by atoms with Crippen molar-refractivity contribution in [3.05, 3.63) is 28.8 Å². The van der Waals surface area contributed by atoms with Crippen molar-refractivity contribution in [1.29, 1.82) is 0 Å². The number of benzene rings is 1. The molecule has 19 heavy (non-hydrogen) atoms. The Balaban J connectivity index is 1.91. The summed E-state index contributed by atoms with van der Waals surface area (Å²) >= 11 is 6.05. The largest absolute Gasteiger partial charge is 0.491 e. The second kappa shape index (κ2) is 7.13. The number of halogens is 1. The molecule has 0 spiro atoms. The molecule has 1 aliphatic heterocycles. The molecule has 4 heteroatoms. The van der Waals surface area contributed by atoms with Crippen molar-refractivity contribution in [3.8, 4) is 5.75 Å². The molecule has 1 saturated heterocycles. The van der Waals surface area contributed by atoms with Crippen molar-refractivity contribution in [2.45, 2.75) is 45.4 Å². The minimum Gasteiger partial charge on any atom is -0.491 e. The molecule has 1 atom stereocenters. The van der Waals surface area contributed by atoms with E-state index in [2.05, 4.69) is 5.32 Å². The summed E-state index contributed by atoms with van der Waals surface area (Å²) in [6.07, 6.45) is 2.84. The maximum Gasteiger partial charge on any atom is 0.124 e. The Kier molecular flexibility index (Phi) is 5.49. The monoisotopic (exact) mass is 283 g/mol. The van der Waals surface area contributed by atoms with Gasteiger partial charge in [-0.2, -0.15) is 0 Å². The summed E-state index contributed by atoms with van der Waals surface area (Å²) in [5, 5.41) is 4.16. The maximum absolute atomic E-state index is 6.05. The Morgan fingerprint density at radius 3 is 3.00 bits per heavy atom. The van der Waals surface area contributed by atoms with Gasteiger partial charge in [-0.25, -0.2) is 0 Å². The Morgan fingerprint density at radius 1 is 1.47 bits per heavy atom. The fourth-order valence-corrected chi connectivity index (χ4v) is 2.42. The van der Waals surface area contributed by atoms with Crippen molar-refractivity contribution < 1.29 is 9.47 Å². The molecule has 106 valence electrons. The van der Waals surface area contributed by atoms with Gasteiger partial charge in [-0.3, -0.25) is 0 Å². The Morgan fingerprint density at radius 2 is 2.32 bits per heavy atom. The van der Waals surface area contributed by atoms with Gasteiger partial charge < -0.3 is 14.8 Å². The van der Waals surface area contributed by atoms with Crippen LogP contribution in [0.4, 0.5) is 0 Å². The first-order valence-corrected chi connectivity index (χ1v) is 7.30. The van der Waals surface area contributed by atoms with Crippen LogP contribution in [0.25, 0.3) is 0 Å². The summed E-state index contributed by atoms with van der Waals surface area (Å²) in [6.45, 7) is 6.58. The third-order valence-corrected chi connectivity index (χ3v) is 3.33. The molecular formula is C15H22ClNO2. The first-order valence-electron chi connectivity index (χ1n) is 6.92. The zero-order chi connectivity index (χ0) is 13.7. The summed E-state index contributed by atoms with van der Waals surface area (Å²) in [6, 6.07) is 5.76. The van der Waals surface area contributed by atoms with Gasteiger partial charge in [-0.15, -0.1) is 0 Å². The van der Waals surface area contributed by atoms with Gasteiger partial charge in [0.1, 0.15) is 5.75 Å². The lowest BCUT2D eigenvalue weighted by molar-refractivity contribution is 0.110. The maximum atomic E-state index is 6.05. The lowest BCUT2D eigenvalue weighted by Gasteiger charge is -2.16. The molecule has 1 aliphatic rings. The summed E-state index contributed by atoms with van der Waals surface area (Å²) in [5.41, 5.74) is 1.10. The first kappa shape index (κ1) is 14.6. The third-order valence-electron chi connectivity index (χ3n) is 3.10. The Hall–Kier alpha value is -0.770. The van der Waals surface area contributed by atoms with Crippen LogP contribution in [-0.4, -0.2) is 25.4 Å². The molecule has 0 aromatic heterocycles. The van der Waals surface area contributed by atoms with Crippen molar-refractivity contribution >= 4 is 11.6 Å². The van der Waals surface area contributed by atoms with Crippen LogP contribution in [0, 0.1) is 0 Å². The number of hydrogen-bond donors (Lipinski definition) is 1. The van der Waals surface area contributed by atoms with E-state index in [1.54, 1.807) is 0 Å². The molecule has 1 aromatic carbocycles. The fraction of sp³-hybridized carbons (Fsp3) is 0.600. The van der Waals surface area contributed by atoms with E-state index in [1.807, 2.05) is 32.0 Å². The predicted molar refractivity (Wildman–Crippen MR) is 77.9 cm³/mol. The van der Waals surface area contributed by atoms with E-state index >= 15 is 0 Å². The van der Waals surface area contributed by atoms with Crippen LogP contribution < -0.4 is 10.1 Å². The van der Waals surface area contributed by atoms with E-state index in [0.29, 0.717) is 6.10 Å². The highest BCUT2D eigenvalue weighted by atomic mass is 35.5. The first-order chi connectivity index (χ1) is 9.15. The van der Waals surface area contributed by atoms with Crippen molar-refractivity contribution in [2.75, 3.05) is 13.2 Å². The highest BCUT2D eigenvalue weighted by Gasteiger charge is 2.15. The average molecular weight is 284 g/mol. The van der Waals surface area contributed by atoms with Gasteiger partial charge in [0.15, 0.2) is 0 Å². The minimum atomic E-state index is 0.165. The fourth-order valence-electron chi connectivity index (χ4n) is 2.23. The van der Waals surface area contributed by atoms with Crippen LogP contribution in [-0.2, 0) is 11.3 Å². The molecule has 1 N–H and O–H groups in total. The summed E-state index contributed by atoms with van der Waals surface area (Å²) in [5.74, 6) is 0.902. The van der Waals surface area contributed by atoms with Gasteiger partial charge >= 0.3 is 0 Å². The van der Waals surface area contributed by atoms with E-state index in [0.717, 1.165) is 42.5 Å².